The number of pyridine rings is 1. The maximum atomic E-state index is 13.4. The summed E-state index contributed by atoms with van der Waals surface area (Å²) in [6.45, 7) is 1.24. The second kappa shape index (κ2) is 9.80. The molecular formula is C19H19ClFN3O4. The van der Waals surface area contributed by atoms with Crippen molar-refractivity contribution in [2.24, 2.45) is 0 Å². The number of carbonyl (C=O) groups excluding carboxylic acids is 2. The molecule has 0 saturated carbocycles. The predicted octanol–water partition coefficient (Wildman–Crippen LogP) is 1.73. The van der Waals surface area contributed by atoms with Crippen LogP contribution in [0.25, 0.3) is 0 Å². The average Bonchev–Trinajstić information content (AvgIpc) is 2.62. The molecule has 2 aromatic rings. The molecule has 0 fully saturated rings. The number of hydrogen-bond donors (Lipinski definition) is 3. The summed E-state index contributed by atoms with van der Waals surface area (Å²) in [6.07, 6.45) is 1.42. The Kier molecular flexibility index (Phi) is 7.45. The van der Waals surface area contributed by atoms with E-state index in [4.69, 9.17) is 11.6 Å². The van der Waals surface area contributed by atoms with E-state index < -0.39 is 35.7 Å². The predicted molar refractivity (Wildman–Crippen MR) is 100 cm³/mol. The van der Waals surface area contributed by atoms with E-state index in [9.17, 15) is 23.9 Å². The highest BCUT2D eigenvalue weighted by Gasteiger charge is 2.26. The maximum absolute atomic E-state index is 13.4. The zero-order chi connectivity index (χ0) is 20.7. The van der Waals surface area contributed by atoms with Crippen molar-refractivity contribution >= 4 is 29.4 Å². The Morgan fingerprint density at radius 1 is 1.11 bits per heavy atom. The van der Waals surface area contributed by atoms with Gasteiger partial charge in [0.05, 0.1) is 0 Å². The molecule has 2 amide bonds. The molecule has 1 aromatic heterocycles. The van der Waals surface area contributed by atoms with Crippen LogP contribution < -0.4 is 10.6 Å². The van der Waals surface area contributed by atoms with Crippen LogP contribution in [0, 0.1) is 5.82 Å². The summed E-state index contributed by atoms with van der Waals surface area (Å²) in [5.41, 5.74) is 1.06. The smallest absolute Gasteiger partial charge is 0.326 e. The van der Waals surface area contributed by atoms with Gasteiger partial charge in [0.1, 0.15) is 23.1 Å². The van der Waals surface area contributed by atoms with Gasteiger partial charge in [-0.3, -0.25) is 9.59 Å². The Morgan fingerprint density at radius 2 is 1.82 bits per heavy atom. The summed E-state index contributed by atoms with van der Waals surface area (Å²) in [4.78, 5) is 39.5. The van der Waals surface area contributed by atoms with E-state index in [1.165, 1.54) is 37.4 Å². The van der Waals surface area contributed by atoms with Gasteiger partial charge in [-0.15, -0.1) is 0 Å². The second-order valence-electron chi connectivity index (χ2n) is 6.18. The number of carbonyl (C=O) groups is 3. The summed E-state index contributed by atoms with van der Waals surface area (Å²) in [7, 11) is 0. The van der Waals surface area contributed by atoms with Crippen LogP contribution >= 0.6 is 11.6 Å². The third-order valence-corrected chi connectivity index (χ3v) is 4.09. The molecular weight excluding hydrogens is 389 g/mol. The normalized spacial score (nSPS) is 12.7. The lowest BCUT2D eigenvalue weighted by atomic mass is 10.0. The Balaban J connectivity index is 2.12. The van der Waals surface area contributed by atoms with Gasteiger partial charge in [-0.2, -0.15) is 0 Å². The molecule has 3 N–H and O–H groups in total. The lowest BCUT2D eigenvalue weighted by Crippen LogP contribution is -2.52. The van der Waals surface area contributed by atoms with Gasteiger partial charge in [0.25, 0.3) is 0 Å². The van der Waals surface area contributed by atoms with E-state index in [2.05, 4.69) is 15.6 Å². The number of amides is 2. The van der Waals surface area contributed by atoms with Gasteiger partial charge in [-0.1, -0.05) is 29.8 Å². The monoisotopic (exact) mass is 407 g/mol. The molecule has 2 rings (SSSR count). The number of halogens is 2. The third-order valence-electron chi connectivity index (χ3n) is 3.87. The van der Waals surface area contributed by atoms with E-state index in [1.807, 2.05) is 0 Å². The van der Waals surface area contributed by atoms with Crippen molar-refractivity contribution in [3.63, 3.8) is 0 Å². The topological polar surface area (TPSA) is 108 Å². The fourth-order valence-corrected chi connectivity index (χ4v) is 2.70. The van der Waals surface area contributed by atoms with Gasteiger partial charge in [-0.25, -0.2) is 14.2 Å². The number of rotatable bonds is 8. The van der Waals surface area contributed by atoms with Crippen molar-refractivity contribution in [3.8, 4) is 0 Å². The van der Waals surface area contributed by atoms with Crippen molar-refractivity contribution in [1.29, 1.82) is 0 Å². The Bertz CT molecular complexity index is 861. The van der Waals surface area contributed by atoms with Crippen LogP contribution in [0.5, 0.6) is 0 Å². The maximum Gasteiger partial charge on any atom is 0.326 e. The first-order chi connectivity index (χ1) is 13.2. The van der Waals surface area contributed by atoms with E-state index in [1.54, 1.807) is 12.1 Å². The lowest BCUT2D eigenvalue weighted by molar-refractivity contribution is -0.142. The molecule has 0 bridgehead atoms. The van der Waals surface area contributed by atoms with Crippen LogP contribution in [0.2, 0.25) is 5.15 Å². The van der Waals surface area contributed by atoms with Gasteiger partial charge in [-0.05, 0) is 29.3 Å². The highest BCUT2D eigenvalue weighted by molar-refractivity contribution is 6.29. The number of carboxylic acids is 1. The van der Waals surface area contributed by atoms with E-state index in [0.717, 1.165) is 0 Å². The second-order valence-corrected chi connectivity index (χ2v) is 6.57. The molecule has 0 aliphatic rings. The van der Waals surface area contributed by atoms with Crippen LogP contribution in [0.1, 0.15) is 18.1 Å². The summed E-state index contributed by atoms with van der Waals surface area (Å²) >= 11 is 5.71. The number of carboxylic acid groups (broad SMARTS) is 1. The Morgan fingerprint density at radius 3 is 2.39 bits per heavy atom. The molecule has 0 spiro atoms. The highest BCUT2D eigenvalue weighted by atomic mass is 35.5. The molecule has 2 atom stereocenters. The van der Waals surface area contributed by atoms with Gasteiger partial charge in [0, 0.05) is 26.0 Å². The highest BCUT2D eigenvalue weighted by Crippen LogP contribution is 2.10. The van der Waals surface area contributed by atoms with Crippen molar-refractivity contribution < 1.29 is 23.9 Å². The summed E-state index contributed by atoms with van der Waals surface area (Å²) in [6, 6.07) is 6.44. The van der Waals surface area contributed by atoms with Crippen molar-refractivity contribution in [3.05, 3.63) is 64.7 Å². The first-order valence-electron chi connectivity index (χ1n) is 8.39. The minimum atomic E-state index is -1.24. The fraction of sp³-hybridized carbons (Fsp3) is 0.263. The standard InChI is InChI=1S/C19H19ClFN3O4/c1-11(25)23-15(8-12-3-2-4-14(21)7-12)18(26)24-16(19(27)28)9-13-5-6-17(20)22-10-13/h2-7,10,15-16H,8-9H2,1H3,(H,23,25)(H,24,26)(H,27,28)/t15-,16+/m0/s1. The molecule has 148 valence electrons. The van der Waals surface area contributed by atoms with E-state index in [0.29, 0.717) is 11.1 Å². The zero-order valence-corrected chi connectivity index (χ0v) is 15.7. The summed E-state index contributed by atoms with van der Waals surface area (Å²) < 4.78 is 13.4. The van der Waals surface area contributed by atoms with Gasteiger partial charge >= 0.3 is 5.97 Å². The van der Waals surface area contributed by atoms with Crippen molar-refractivity contribution in [1.82, 2.24) is 15.6 Å². The zero-order valence-electron chi connectivity index (χ0n) is 15.0. The van der Waals surface area contributed by atoms with Crippen LogP contribution in [-0.2, 0) is 27.2 Å². The SMILES string of the molecule is CC(=O)N[C@@H](Cc1cccc(F)c1)C(=O)N[C@H](Cc1ccc(Cl)nc1)C(=O)O. The summed E-state index contributed by atoms with van der Waals surface area (Å²) in [5.74, 6) is -2.87. The number of benzene rings is 1. The molecule has 0 radical (unpaired) electrons. The van der Waals surface area contributed by atoms with Crippen LogP contribution in [0.3, 0.4) is 0 Å². The molecule has 0 aliphatic heterocycles. The van der Waals surface area contributed by atoms with E-state index >= 15 is 0 Å². The molecule has 1 heterocycles. The average molecular weight is 408 g/mol. The summed E-state index contributed by atoms with van der Waals surface area (Å²) in [5, 5.41) is 14.6. The van der Waals surface area contributed by atoms with Crippen LogP contribution in [0.4, 0.5) is 4.39 Å². The number of hydrogen-bond acceptors (Lipinski definition) is 4. The molecule has 0 aliphatic carbocycles. The van der Waals surface area contributed by atoms with Crippen molar-refractivity contribution in [2.75, 3.05) is 0 Å². The molecule has 7 nitrogen and oxygen atoms in total. The first-order valence-corrected chi connectivity index (χ1v) is 8.77. The number of aromatic nitrogens is 1. The van der Waals surface area contributed by atoms with Gasteiger partial charge in [0.15, 0.2) is 0 Å². The van der Waals surface area contributed by atoms with Crippen LogP contribution in [-0.4, -0.2) is 40.0 Å². The first kappa shape index (κ1) is 21.3. The molecule has 1 aromatic carbocycles. The van der Waals surface area contributed by atoms with Gasteiger partial charge < -0.3 is 15.7 Å². The molecule has 0 saturated heterocycles. The van der Waals surface area contributed by atoms with Crippen molar-refractivity contribution in [2.45, 2.75) is 31.8 Å². The number of aliphatic carboxylic acids is 1. The number of nitrogens with zero attached hydrogens (tertiary/aromatic N) is 1. The molecule has 9 heteroatoms. The lowest BCUT2D eigenvalue weighted by Gasteiger charge is -2.21. The van der Waals surface area contributed by atoms with Gasteiger partial charge in [0.2, 0.25) is 11.8 Å². The molecule has 0 unspecified atom stereocenters. The largest absolute Gasteiger partial charge is 0.480 e. The van der Waals surface area contributed by atoms with Crippen LogP contribution in [0.15, 0.2) is 42.6 Å². The minimum absolute atomic E-state index is 0.0119. The Hall–Kier alpha value is -3.00. The number of nitrogens with one attached hydrogen (secondary N) is 2. The quantitative estimate of drug-likeness (QED) is 0.577. The van der Waals surface area contributed by atoms with E-state index in [-0.39, 0.29) is 18.0 Å². The fourth-order valence-electron chi connectivity index (χ4n) is 2.59. The Labute approximate surface area is 165 Å². The minimum Gasteiger partial charge on any atom is -0.480 e. The molecule has 28 heavy (non-hydrogen) atoms. The third kappa shape index (κ3) is 6.62.